The Labute approximate surface area is 232 Å². The minimum Gasteiger partial charge on any atom is -0.467 e. The Bertz CT molecular complexity index is 1260. The van der Waals surface area contributed by atoms with Crippen LogP contribution in [0.15, 0.2) is 65.3 Å². The molecule has 0 bridgehead atoms. The van der Waals surface area contributed by atoms with Gasteiger partial charge in [-0.05, 0) is 48.0 Å². The summed E-state index contributed by atoms with van der Waals surface area (Å²) in [5, 5.41) is 3.39. The molecular weight excluding hydrogens is 524 g/mol. The predicted octanol–water partition coefficient (Wildman–Crippen LogP) is 4.06. The third-order valence-electron chi connectivity index (χ3n) is 6.57. The van der Waals surface area contributed by atoms with E-state index in [1.165, 1.54) is 4.90 Å². The second kappa shape index (κ2) is 12.9. The molecule has 3 amide bonds. The van der Waals surface area contributed by atoms with Crippen molar-refractivity contribution in [2.24, 2.45) is 0 Å². The molecule has 3 aromatic rings. The van der Waals surface area contributed by atoms with Crippen molar-refractivity contribution in [2.45, 2.75) is 13.1 Å². The predicted molar refractivity (Wildman–Crippen MR) is 145 cm³/mol. The molecule has 0 aliphatic carbocycles. The normalized spacial score (nSPS) is 14.7. The lowest BCUT2D eigenvalue weighted by Crippen LogP contribution is -2.48. The van der Waals surface area contributed by atoms with E-state index < -0.39 is 0 Å². The van der Waals surface area contributed by atoms with Crippen LogP contribution < -0.4 is 14.8 Å². The van der Waals surface area contributed by atoms with Gasteiger partial charge in [0.25, 0.3) is 0 Å². The maximum atomic E-state index is 13.7. The number of hydrogen-bond donors (Lipinski definition) is 1. The van der Waals surface area contributed by atoms with Crippen LogP contribution in [0, 0.1) is 0 Å². The summed E-state index contributed by atoms with van der Waals surface area (Å²) >= 11 is 6.11. The zero-order valence-corrected chi connectivity index (χ0v) is 22.3. The van der Waals surface area contributed by atoms with E-state index >= 15 is 0 Å². The molecule has 2 aliphatic rings. The number of benzene rings is 2. The fraction of sp³-hybridized carbons (Fsp3) is 0.357. The van der Waals surface area contributed by atoms with Crippen molar-refractivity contribution in [1.29, 1.82) is 0 Å². The van der Waals surface area contributed by atoms with Crippen molar-refractivity contribution in [1.82, 2.24) is 14.7 Å². The Kier molecular flexibility index (Phi) is 8.87. The van der Waals surface area contributed by atoms with Gasteiger partial charge >= 0.3 is 6.03 Å². The van der Waals surface area contributed by atoms with Crippen LogP contribution in [0.3, 0.4) is 0 Å². The van der Waals surface area contributed by atoms with Gasteiger partial charge in [0, 0.05) is 43.4 Å². The maximum absolute atomic E-state index is 13.7. The molecule has 10 nitrogen and oxygen atoms in total. The van der Waals surface area contributed by atoms with Gasteiger partial charge in [0.2, 0.25) is 12.7 Å². The van der Waals surface area contributed by atoms with Gasteiger partial charge in [-0.2, -0.15) is 0 Å². The monoisotopic (exact) mass is 554 g/mol. The summed E-state index contributed by atoms with van der Waals surface area (Å²) in [7, 11) is 0. The van der Waals surface area contributed by atoms with Crippen molar-refractivity contribution in [2.75, 3.05) is 58.0 Å². The number of ether oxygens (including phenoxy) is 3. The molecule has 1 saturated heterocycles. The molecule has 3 heterocycles. The van der Waals surface area contributed by atoms with E-state index in [2.05, 4.69) is 10.2 Å². The zero-order valence-electron chi connectivity index (χ0n) is 21.5. The standard InChI is InChI=1S/C28H31ClN4O6/c29-22-3-1-4-23(16-22)30-28(35)32(9-8-31-10-13-36-14-11-31)19-27(34)33(18-24-5-2-12-37-24)17-21-6-7-25-26(15-21)39-20-38-25/h1-7,12,15-16H,8-11,13-14,17-20H2,(H,30,35). The highest BCUT2D eigenvalue weighted by atomic mass is 35.5. The fourth-order valence-corrected chi connectivity index (χ4v) is 4.64. The molecule has 0 radical (unpaired) electrons. The number of fused-ring (bicyclic) bond motifs is 1. The Balaban J connectivity index is 1.31. The summed E-state index contributed by atoms with van der Waals surface area (Å²) < 4.78 is 21.9. The molecule has 11 heteroatoms. The van der Waals surface area contributed by atoms with Gasteiger partial charge in [0.05, 0.1) is 26.0 Å². The summed E-state index contributed by atoms with van der Waals surface area (Å²) in [6.07, 6.45) is 1.58. The van der Waals surface area contributed by atoms with E-state index in [0.29, 0.717) is 60.8 Å². The van der Waals surface area contributed by atoms with Crippen molar-refractivity contribution in [3.8, 4) is 11.5 Å². The van der Waals surface area contributed by atoms with Crippen molar-refractivity contribution in [3.05, 3.63) is 77.2 Å². The molecule has 1 fully saturated rings. The molecule has 2 aliphatic heterocycles. The van der Waals surface area contributed by atoms with E-state index in [9.17, 15) is 9.59 Å². The van der Waals surface area contributed by atoms with Crippen molar-refractivity contribution >= 4 is 29.2 Å². The first kappa shape index (κ1) is 26.9. The fourth-order valence-electron chi connectivity index (χ4n) is 4.45. The molecule has 5 rings (SSSR count). The van der Waals surface area contributed by atoms with E-state index in [0.717, 1.165) is 18.7 Å². The number of morpholine rings is 1. The number of halogens is 1. The SMILES string of the molecule is O=C(CN(CCN1CCOCC1)C(=O)Nc1cccc(Cl)c1)N(Cc1ccc2c(c1)OCO2)Cc1ccco1. The van der Waals surface area contributed by atoms with E-state index in [4.69, 9.17) is 30.2 Å². The van der Waals surface area contributed by atoms with E-state index in [1.54, 1.807) is 41.5 Å². The molecule has 1 N–H and O–H groups in total. The Morgan fingerprint density at radius 3 is 2.59 bits per heavy atom. The number of amides is 3. The number of rotatable bonds is 10. The number of carbonyl (C=O) groups is 2. The highest BCUT2D eigenvalue weighted by molar-refractivity contribution is 6.30. The summed E-state index contributed by atoms with van der Waals surface area (Å²) in [6, 6.07) is 15.8. The Morgan fingerprint density at radius 1 is 0.949 bits per heavy atom. The molecule has 0 spiro atoms. The second-order valence-electron chi connectivity index (χ2n) is 9.33. The molecular formula is C28H31ClN4O6. The number of nitrogens with one attached hydrogen (secondary N) is 1. The smallest absolute Gasteiger partial charge is 0.322 e. The number of urea groups is 1. The van der Waals surface area contributed by atoms with Gasteiger partial charge in [0.1, 0.15) is 12.3 Å². The first-order valence-corrected chi connectivity index (χ1v) is 13.2. The minimum absolute atomic E-state index is 0.109. The first-order valence-electron chi connectivity index (χ1n) is 12.8. The molecule has 2 aromatic carbocycles. The third-order valence-corrected chi connectivity index (χ3v) is 6.80. The van der Waals surface area contributed by atoms with Gasteiger partial charge in [-0.3, -0.25) is 9.69 Å². The number of carbonyl (C=O) groups excluding carboxylic acids is 2. The van der Waals surface area contributed by atoms with Crippen molar-refractivity contribution in [3.63, 3.8) is 0 Å². The lowest BCUT2D eigenvalue weighted by molar-refractivity contribution is -0.133. The molecule has 1 aromatic heterocycles. The van der Waals surface area contributed by atoms with Gasteiger partial charge in [0.15, 0.2) is 11.5 Å². The van der Waals surface area contributed by atoms with Gasteiger partial charge in [-0.1, -0.05) is 23.7 Å². The van der Waals surface area contributed by atoms with Crippen LogP contribution in [0.2, 0.25) is 5.02 Å². The third kappa shape index (κ3) is 7.44. The van der Waals surface area contributed by atoms with Crippen molar-refractivity contribution < 1.29 is 28.2 Å². The Hall–Kier alpha value is -3.73. The molecule has 0 unspecified atom stereocenters. The summed E-state index contributed by atoms with van der Waals surface area (Å²) in [4.78, 5) is 32.5. The molecule has 0 atom stereocenters. The van der Waals surface area contributed by atoms with Crippen LogP contribution >= 0.6 is 11.6 Å². The van der Waals surface area contributed by atoms with Crippen LogP contribution in [0.5, 0.6) is 11.5 Å². The lowest BCUT2D eigenvalue weighted by Gasteiger charge is -2.31. The average Bonchev–Trinajstić information content (AvgIpc) is 3.63. The van der Waals surface area contributed by atoms with Crippen LogP contribution in [-0.4, -0.2) is 79.4 Å². The quantitative estimate of drug-likeness (QED) is 0.404. The van der Waals surface area contributed by atoms with Gasteiger partial charge in [-0.25, -0.2) is 4.79 Å². The summed E-state index contributed by atoms with van der Waals surface area (Å²) in [5.74, 6) is 1.75. The van der Waals surface area contributed by atoms with E-state index in [-0.39, 0.29) is 31.8 Å². The summed E-state index contributed by atoms with van der Waals surface area (Å²) in [5.41, 5.74) is 1.44. The first-order chi connectivity index (χ1) is 19.0. The molecule has 39 heavy (non-hydrogen) atoms. The average molecular weight is 555 g/mol. The zero-order chi connectivity index (χ0) is 27.0. The lowest BCUT2D eigenvalue weighted by atomic mass is 10.2. The van der Waals surface area contributed by atoms with Gasteiger partial charge in [-0.15, -0.1) is 0 Å². The highest BCUT2D eigenvalue weighted by Gasteiger charge is 2.24. The maximum Gasteiger partial charge on any atom is 0.322 e. The van der Waals surface area contributed by atoms with Crippen LogP contribution in [0.25, 0.3) is 0 Å². The molecule has 0 saturated carbocycles. The number of anilines is 1. The van der Waals surface area contributed by atoms with Crippen LogP contribution in [0.1, 0.15) is 11.3 Å². The topological polar surface area (TPSA) is 96.7 Å². The van der Waals surface area contributed by atoms with E-state index in [1.807, 2.05) is 24.3 Å². The number of furan rings is 1. The van der Waals surface area contributed by atoms with Gasteiger partial charge < -0.3 is 33.7 Å². The molecule has 206 valence electrons. The summed E-state index contributed by atoms with van der Waals surface area (Å²) in [6.45, 7) is 4.50. The number of hydrogen-bond acceptors (Lipinski definition) is 7. The van der Waals surface area contributed by atoms with Crippen LogP contribution in [0.4, 0.5) is 10.5 Å². The largest absolute Gasteiger partial charge is 0.467 e. The second-order valence-corrected chi connectivity index (χ2v) is 9.77. The van der Waals surface area contributed by atoms with Crippen LogP contribution in [-0.2, 0) is 22.6 Å². The Morgan fingerprint density at radius 2 is 1.79 bits per heavy atom. The highest BCUT2D eigenvalue weighted by Crippen LogP contribution is 2.33. The number of nitrogens with zero attached hydrogens (tertiary/aromatic N) is 3. The minimum atomic E-state index is -0.375.